The van der Waals surface area contributed by atoms with Crippen molar-refractivity contribution in [3.8, 4) is 12.3 Å². The molecule has 2 unspecified atom stereocenters. The molecule has 0 aliphatic rings. The molecule has 0 aliphatic carbocycles. The van der Waals surface area contributed by atoms with Crippen molar-refractivity contribution in [3.05, 3.63) is 35.4 Å². The van der Waals surface area contributed by atoms with Crippen molar-refractivity contribution in [1.82, 2.24) is 15.5 Å². The summed E-state index contributed by atoms with van der Waals surface area (Å²) in [4.78, 5) is 52.5. The van der Waals surface area contributed by atoms with Gasteiger partial charge in [0, 0.05) is 12.1 Å². The number of hydrogen-bond acceptors (Lipinski definition) is 6. The molecule has 1 aromatic carbocycles. The Labute approximate surface area is 207 Å². The van der Waals surface area contributed by atoms with Gasteiger partial charge in [0.05, 0.1) is 7.11 Å². The zero-order valence-electron chi connectivity index (χ0n) is 21.6. The first kappa shape index (κ1) is 29.5. The Morgan fingerprint density at radius 3 is 2.29 bits per heavy atom. The molecule has 0 radical (unpaired) electrons. The van der Waals surface area contributed by atoms with Crippen LogP contribution >= 0.6 is 0 Å². The van der Waals surface area contributed by atoms with Crippen LogP contribution in [-0.2, 0) is 23.9 Å². The van der Waals surface area contributed by atoms with Gasteiger partial charge in [-0.2, -0.15) is 0 Å². The van der Waals surface area contributed by atoms with Gasteiger partial charge in [-0.05, 0) is 51.7 Å². The van der Waals surface area contributed by atoms with Crippen molar-refractivity contribution in [2.75, 3.05) is 20.2 Å². The zero-order chi connectivity index (χ0) is 26.8. The van der Waals surface area contributed by atoms with Crippen molar-refractivity contribution >= 4 is 23.9 Å². The molecule has 1 aromatic rings. The molecule has 0 saturated heterocycles. The standard InChI is InChI=1S/C26H37N3O6/c1-9-18-13-11-12-14-19(18)22(23(31)27-16-21(30)34-8)29(10-2)24(32)20(15-17(3)4)28-25(33)35-26(5,6)7/h1,11-14,17,20,22H,10,15-16H2,2-8H3,(H,27,31)(H,28,33). The highest BCUT2D eigenvalue weighted by molar-refractivity contribution is 5.93. The van der Waals surface area contributed by atoms with Gasteiger partial charge in [0.25, 0.3) is 0 Å². The van der Waals surface area contributed by atoms with Crippen molar-refractivity contribution in [2.24, 2.45) is 5.92 Å². The fourth-order valence-corrected chi connectivity index (χ4v) is 3.45. The molecule has 35 heavy (non-hydrogen) atoms. The van der Waals surface area contributed by atoms with Gasteiger partial charge in [0.15, 0.2) is 0 Å². The second kappa shape index (κ2) is 13.4. The normalized spacial score (nSPS) is 12.7. The van der Waals surface area contributed by atoms with Gasteiger partial charge in [-0.15, -0.1) is 6.42 Å². The Morgan fingerprint density at radius 2 is 1.77 bits per heavy atom. The van der Waals surface area contributed by atoms with E-state index in [1.807, 2.05) is 13.8 Å². The minimum Gasteiger partial charge on any atom is -0.468 e. The number of hydrogen-bond donors (Lipinski definition) is 2. The number of ether oxygens (including phenoxy) is 2. The third kappa shape index (κ3) is 9.32. The van der Waals surface area contributed by atoms with Crippen LogP contribution in [0.4, 0.5) is 4.79 Å². The minimum absolute atomic E-state index is 0.0576. The lowest BCUT2D eigenvalue weighted by Crippen LogP contribution is -2.53. The highest BCUT2D eigenvalue weighted by Crippen LogP contribution is 2.26. The van der Waals surface area contributed by atoms with E-state index >= 15 is 0 Å². The molecule has 0 saturated carbocycles. The van der Waals surface area contributed by atoms with Crippen LogP contribution < -0.4 is 10.6 Å². The highest BCUT2D eigenvalue weighted by atomic mass is 16.6. The summed E-state index contributed by atoms with van der Waals surface area (Å²) in [6.45, 7) is 10.5. The molecular formula is C26H37N3O6. The van der Waals surface area contributed by atoms with E-state index < -0.39 is 41.6 Å². The molecule has 0 bridgehead atoms. The summed E-state index contributed by atoms with van der Waals surface area (Å²) in [5, 5.41) is 5.17. The van der Waals surface area contributed by atoms with Crippen molar-refractivity contribution in [1.29, 1.82) is 0 Å². The van der Waals surface area contributed by atoms with E-state index in [4.69, 9.17) is 11.2 Å². The van der Waals surface area contributed by atoms with Crippen LogP contribution in [0.5, 0.6) is 0 Å². The Hall–Kier alpha value is -3.54. The number of esters is 1. The van der Waals surface area contributed by atoms with Gasteiger partial charge >= 0.3 is 12.1 Å². The second-order valence-electron chi connectivity index (χ2n) is 9.38. The fourth-order valence-electron chi connectivity index (χ4n) is 3.45. The Morgan fingerprint density at radius 1 is 1.14 bits per heavy atom. The summed E-state index contributed by atoms with van der Waals surface area (Å²) >= 11 is 0. The van der Waals surface area contributed by atoms with E-state index in [1.54, 1.807) is 52.0 Å². The Kier molecular flexibility index (Phi) is 11.3. The molecule has 1 rings (SSSR count). The van der Waals surface area contributed by atoms with Gasteiger partial charge in [-0.25, -0.2) is 4.79 Å². The van der Waals surface area contributed by atoms with Gasteiger partial charge in [-0.3, -0.25) is 14.4 Å². The van der Waals surface area contributed by atoms with Crippen LogP contribution in [0.1, 0.15) is 65.1 Å². The Balaban J connectivity index is 3.43. The number of carbonyl (C=O) groups is 4. The lowest BCUT2D eigenvalue weighted by molar-refractivity contribution is -0.144. The third-order valence-corrected chi connectivity index (χ3v) is 4.93. The number of amides is 3. The largest absolute Gasteiger partial charge is 0.468 e. The summed E-state index contributed by atoms with van der Waals surface area (Å²) in [5.74, 6) is 0.887. The Bertz CT molecular complexity index is 945. The van der Waals surface area contributed by atoms with Gasteiger partial charge in [0.1, 0.15) is 24.2 Å². The zero-order valence-corrected chi connectivity index (χ0v) is 21.6. The molecule has 0 spiro atoms. The number of methoxy groups -OCH3 is 1. The molecule has 0 fully saturated rings. The van der Waals surface area contributed by atoms with E-state index in [2.05, 4.69) is 21.3 Å². The first-order chi connectivity index (χ1) is 16.3. The SMILES string of the molecule is C#Cc1ccccc1C(C(=O)NCC(=O)OC)N(CC)C(=O)C(CC(C)C)NC(=O)OC(C)(C)C. The molecule has 9 nitrogen and oxygen atoms in total. The number of terminal acetylenes is 1. The number of alkyl carbamates (subject to hydrolysis) is 1. The molecule has 0 heterocycles. The maximum atomic E-state index is 13.8. The van der Waals surface area contributed by atoms with Crippen LogP contribution in [-0.4, -0.2) is 60.6 Å². The smallest absolute Gasteiger partial charge is 0.408 e. The van der Waals surface area contributed by atoms with E-state index in [9.17, 15) is 19.2 Å². The van der Waals surface area contributed by atoms with Crippen LogP contribution in [0, 0.1) is 18.3 Å². The summed E-state index contributed by atoms with van der Waals surface area (Å²) in [7, 11) is 1.21. The molecular weight excluding hydrogens is 450 g/mol. The predicted molar refractivity (Wildman–Crippen MR) is 132 cm³/mol. The minimum atomic E-state index is -1.14. The van der Waals surface area contributed by atoms with Crippen molar-refractivity contribution in [3.63, 3.8) is 0 Å². The van der Waals surface area contributed by atoms with E-state index in [0.29, 0.717) is 17.5 Å². The lowest BCUT2D eigenvalue weighted by atomic mass is 9.96. The topological polar surface area (TPSA) is 114 Å². The molecule has 2 N–H and O–H groups in total. The predicted octanol–water partition coefficient (Wildman–Crippen LogP) is 2.79. The number of rotatable bonds is 10. The molecule has 9 heteroatoms. The number of likely N-dealkylation sites (N-methyl/N-ethyl adjacent to an activating group) is 1. The van der Waals surface area contributed by atoms with Crippen LogP contribution in [0.25, 0.3) is 0 Å². The quantitative estimate of drug-likeness (QED) is 0.388. The first-order valence-electron chi connectivity index (χ1n) is 11.5. The van der Waals surface area contributed by atoms with Crippen LogP contribution in [0.15, 0.2) is 24.3 Å². The number of carbonyl (C=O) groups excluding carboxylic acids is 4. The summed E-state index contributed by atoms with van der Waals surface area (Å²) < 4.78 is 9.94. The average Bonchev–Trinajstić information content (AvgIpc) is 2.78. The second-order valence-corrected chi connectivity index (χ2v) is 9.38. The maximum absolute atomic E-state index is 13.8. The number of nitrogens with one attached hydrogen (secondary N) is 2. The van der Waals surface area contributed by atoms with Gasteiger partial charge in [-0.1, -0.05) is 38.0 Å². The molecule has 3 amide bonds. The van der Waals surface area contributed by atoms with Crippen LogP contribution in [0.3, 0.4) is 0 Å². The molecule has 0 aromatic heterocycles. The van der Waals surface area contributed by atoms with Crippen molar-refractivity contribution < 1.29 is 28.7 Å². The third-order valence-electron chi connectivity index (χ3n) is 4.93. The van der Waals surface area contributed by atoms with Gasteiger partial charge in [0.2, 0.25) is 11.8 Å². The van der Waals surface area contributed by atoms with Crippen LogP contribution in [0.2, 0.25) is 0 Å². The summed E-state index contributed by atoms with van der Waals surface area (Å²) in [6, 6.07) is 4.68. The molecule has 0 aliphatic heterocycles. The molecule has 2 atom stereocenters. The highest BCUT2D eigenvalue weighted by Gasteiger charge is 2.36. The lowest BCUT2D eigenvalue weighted by Gasteiger charge is -2.34. The molecule has 192 valence electrons. The number of benzene rings is 1. The van der Waals surface area contributed by atoms with E-state index in [1.165, 1.54) is 12.0 Å². The van der Waals surface area contributed by atoms with Gasteiger partial charge < -0.3 is 25.0 Å². The summed E-state index contributed by atoms with van der Waals surface area (Å²) in [5.41, 5.74) is 0.104. The van der Waals surface area contributed by atoms with E-state index in [-0.39, 0.29) is 19.0 Å². The average molecular weight is 488 g/mol. The first-order valence-corrected chi connectivity index (χ1v) is 11.5. The number of nitrogens with zero attached hydrogens (tertiary/aromatic N) is 1. The monoisotopic (exact) mass is 487 g/mol. The maximum Gasteiger partial charge on any atom is 0.408 e. The summed E-state index contributed by atoms with van der Waals surface area (Å²) in [6.07, 6.45) is 5.26. The fraction of sp³-hybridized carbons (Fsp3) is 0.538. The van der Waals surface area contributed by atoms with E-state index in [0.717, 1.165) is 0 Å². The van der Waals surface area contributed by atoms with Crippen molar-refractivity contribution in [2.45, 2.75) is 65.6 Å².